The van der Waals surface area contributed by atoms with Crippen molar-refractivity contribution in [3.63, 3.8) is 0 Å². The van der Waals surface area contributed by atoms with Crippen molar-refractivity contribution in [3.8, 4) is 0 Å². The third-order valence-corrected chi connectivity index (χ3v) is 6.46. The fourth-order valence-electron chi connectivity index (χ4n) is 3.46. The lowest BCUT2D eigenvalue weighted by molar-refractivity contribution is -0.139. The Kier molecular flexibility index (Phi) is 9.87. The average Bonchev–Trinajstić information content (AvgIpc) is 2.95. The standard InChI is InChI=1S/C24H32FN3O6S/c1-15(2)22-20(10-6-9-18(29)13-19(30)14-21(31)32)23(16-7-5-8-17(25)12-11-16)27-24(26-22)28(3)35(4,33)34/h6-9,11-12,15,18-19,29-30H,5,10,13-14H2,1-4H3,(H,31,32)/t18-,19-/m1/s1. The van der Waals surface area contributed by atoms with Crippen molar-refractivity contribution < 1.29 is 32.9 Å². The highest BCUT2D eigenvalue weighted by Crippen LogP contribution is 2.30. The van der Waals surface area contributed by atoms with E-state index >= 15 is 0 Å². The number of anilines is 1. The number of carboxylic acid groups (broad SMARTS) is 1. The topological polar surface area (TPSA) is 141 Å². The first-order valence-electron chi connectivity index (χ1n) is 11.1. The largest absolute Gasteiger partial charge is 0.481 e. The van der Waals surface area contributed by atoms with E-state index in [1.807, 2.05) is 13.8 Å². The van der Waals surface area contributed by atoms with Crippen LogP contribution in [0.25, 0.3) is 5.57 Å². The van der Waals surface area contributed by atoms with Gasteiger partial charge in [-0.15, -0.1) is 0 Å². The first-order valence-corrected chi connectivity index (χ1v) is 13.0. The van der Waals surface area contributed by atoms with E-state index in [9.17, 15) is 27.8 Å². The number of hydrogen-bond acceptors (Lipinski definition) is 7. The summed E-state index contributed by atoms with van der Waals surface area (Å²) < 4.78 is 39.1. The average molecular weight is 510 g/mol. The van der Waals surface area contributed by atoms with Gasteiger partial charge in [0.15, 0.2) is 0 Å². The number of sulfonamides is 1. The second-order valence-electron chi connectivity index (χ2n) is 8.63. The Morgan fingerprint density at radius 1 is 1.23 bits per heavy atom. The van der Waals surface area contributed by atoms with Crippen LogP contribution >= 0.6 is 0 Å². The zero-order chi connectivity index (χ0) is 26.3. The lowest BCUT2D eigenvalue weighted by Crippen LogP contribution is -2.28. The van der Waals surface area contributed by atoms with Crippen LogP contribution < -0.4 is 4.31 Å². The number of aromatic nitrogens is 2. The summed E-state index contributed by atoms with van der Waals surface area (Å²) in [4.78, 5) is 19.7. The monoisotopic (exact) mass is 509 g/mol. The van der Waals surface area contributed by atoms with Crippen LogP contribution in [0.4, 0.5) is 10.3 Å². The summed E-state index contributed by atoms with van der Waals surface area (Å²) in [5.74, 6) is -1.68. The van der Waals surface area contributed by atoms with Gasteiger partial charge >= 0.3 is 5.97 Å². The zero-order valence-corrected chi connectivity index (χ0v) is 21.0. The van der Waals surface area contributed by atoms with Crippen LogP contribution in [0, 0.1) is 0 Å². The molecule has 1 aromatic heterocycles. The van der Waals surface area contributed by atoms with Gasteiger partial charge in [0.25, 0.3) is 0 Å². The quantitative estimate of drug-likeness (QED) is 0.387. The molecule has 0 aromatic carbocycles. The van der Waals surface area contributed by atoms with Gasteiger partial charge in [0.1, 0.15) is 5.83 Å². The Morgan fingerprint density at radius 2 is 1.91 bits per heavy atom. The minimum absolute atomic E-state index is 0.0114. The Morgan fingerprint density at radius 3 is 2.51 bits per heavy atom. The maximum atomic E-state index is 13.8. The normalized spacial score (nSPS) is 16.1. The second-order valence-corrected chi connectivity index (χ2v) is 10.6. The number of nitrogens with zero attached hydrogens (tertiary/aromatic N) is 3. The Labute approximate surface area is 205 Å². The number of allylic oxidation sites excluding steroid dienone is 7. The first-order chi connectivity index (χ1) is 16.3. The number of aliphatic hydroxyl groups is 2. The molecular formula is C24H32FN3O6S. The number of carboxylic acids is 1. The molecule has 0 saturated heterocycles. The van der Waals surface area contributed by atoms with Gasteiger partial charge in [-0.1, -0.05) is 38.2 Å². The lowest BCUT2D eigenvalue weighted by Gasteiger charge is -2.21. The fraction of sp³-hybridized carbons (Fsp3) is 0.458. The summed E-state index contributed by atoms with van der Waals surface area (Å²) in [6.45, 7) is 3.80. The minimum Gasteiger partial charge on any atom is -0.481 e. The van der Waals surface area contributed by atoms with Crippen LogP contribution in [0.2, 0.25) is 0 Å². The lowest BCUT2D eigenvalue weighted by atomic mass is 9.95. The molecule has 2 atom stereocenters. The molecule has 0 aliphatic heterocycles. The van der Waals surface area contributed by atoms with E-state index in [0.717, 1.165) is 10.6 Å². The predicted molar refractivity (Wildman–Crippen MR) is 132 cm³/mol. The van der Waals surface area contributed by atoms with Gasteiger partial charge in [-0.3, -0.25) is 4.79 Å². The van der Waals surface area contributed by atoms with Crippen LogP contribution in [0.5, 0.6) is 0 Å². The highest BCUT2D eigenvalue weighted by molar-refractivity contribution is 7.92. The molecule has 1 heterocycles. The van der Waals surface area contributed by atoms with E-state index < -0.39 is 40.4 Å². The molecule has 3 N–H and O–H groups in total. The smallest absolute Gasteiger partial charge is 0.305 e. The molecular weight excluding hydrogens is 477 g/mol. The maximum absolute atomic E-state index is 13.8. The number of aliphatic carboxylic acids is 1. The number of hydrogen-bond donors (Lipinski definition) is 3. The highest BCUT2D eigenvalue weighted by Gasteiger charge is 2.23. The van der Waals surface area contributed by atoms with Crippen molar-refractivity contribution in [1.29, 1.82) is 0 Å². The summed E-state index contributed by atoms with van der Waals surface area (Å²) in [5, 5.41) is 28.7. The van der Waals surface area contributed by atoms with E-state index in [0.29, 0.717) is 28.9 Å². The third-order valence-electron chi connectivity index (χ3n) is 5.30. The van der Waals surface area contributed by atoms with Crippen molar-refractivity contribution in [2.45, 2.75) is 57.7 Å². The molecule has 1 aliphatic carbocycles. The second kappa shape index (κ2) is 12.2. The summed E-state index contributed by atoms with van der Waals surface area (Å²) in [7, 11) is -2.28. The Balaban J connectivity index is 2.51. The molecule has 2 rings (SSSR count). The van der Waals surface area contributed by atoms with E-state index in [1.165, 1.54) is 25.3 Å². The van der Waals surface area contributed by atoms with Crippen LogP contribution in [0.3, 0.4) is 0 Å². The summed E-state index contributed by atoms with van der Waals surface area (Å²) in [5.41, 5.74) is 2.32. The molecule has 0 amide bonds. The number of halogens is 1. The Bertz CT molecular complexity index is 1160. The van der Waals surface area contributed by atoms with Gasteiger partial charge in [-0.25, -0.2) is 27.1 Å². The third kappa shape index (κ3) is 8.37. The van der Waals surface area contributed by atoms with Crippen molar-refractivity contribution >= 4 is 27.5 Å². The SMILES string of the molecule is CC(C)c1nc(N(C)S(C)(=O)=O)nc(C2=CCC=C(F)C=C2)c1CC=C[C@@H](O)C[C@@H](O)CC(=O)O. The molecule has 11 heteroatoms. The maximum Gasteiger partial charge on any atom is 0.305 e. The molecule has 9 nitrogen and oxygen atoms in total. The predicted octanol–water partition coefficient (Wildman–Crippen LogP) is 2.88. The molecule has 0 fully saturated rings. The van der Waals surface area contributed by atoms with Crippen molar-refractivity contribution in [1.82, 2.24) is 9.97 Å². The zero-order valence-electron chi connectivity index (χ0n) is 20.2. The van der Waals surface area contributed by atoms with Crippen molar-refractivity contribution in [3.05, 3.63) is 59.2 Å². The fourth-order valence-corrected chi connectivity index (χ4v) is 3.84. The van der Waals surface area contributed by atoms with Crippen LogP contribution in [-0.2, 0) is 21.2 Å². The summed E-state index contributed by atoms with van der Waals surface area (Å²) in [6, 6.07) is 0. The van der Waals surface area contributed by atoms with Crippen molar-refractivity contribution in [2.24, 2.45) is 0 Å². The van der Waals surface area contributed by atoms with Gasteiger partial charge < -0.3 is 15.3 Å². The van der Waals surface area contributed by atoms with Crippen LogP contribution in [-0.4, -0.2) is 65.2 Å². The minimum atomic E-state index is -3.64. The van der Waals surface area contributed by atoms with Gasteiger partial charge in [-0.2, -0.15) is 0 Å². The van der Waals surface area contributed by atoms with Crippen LogP contribution in [0.1, 0.15) is 56.0 Å². The number of rotatable bonds is 11. The summed E-state index contributed by atoms with van der Waals surface area (Å²) in [6.07, 6.45) is 7.95. The van der Waals surface area contributed by atoms with E-state index in [4.69, 9.17) is 5.11 Å². The molecule has 1 aliphatic rings. The van der Waals surface area contributed by atoms with E-state index in [-0.39, 0.29) is 24.7 Å². The van der Waals surface area contributed by atoms with E-state index in [2.05, 4.69) is 9.97 Å². The summed E-state index contributed by atoms with van der Waals surface area (Å²) >= 11 is 0. The molecule has 0 saturated carbocycles. The highest BCUT2D eigenvalue weighted by atomic mass is 32.2. The molecule has 0 unspecified atom stereocenters. The Hall–Kier alpha value is -2.89. The molecule has 1 aromatic rings. The molecule has 35 heavy (non-hydrogen) atoms. The molecule has 0 bridgehead atoms. The first kappa shape index (κ1) is 28.3. The van der Waals surface area contributed by atoms with Crippen LogP contribution in [0.15, 0.2) is 42.3 Å². The molecule has 0 spiro atoms. The van der Waals surface area contributed by atoms with E-state index in [1.54, 1.807) is 18.2 Å². The molecule has 0 radical (unpaired) electrons. The number of carbonyl (C=O) groups is 1. The van der Waals surface area contributed by atoms with Gasteiger partial charge in [0.05, 0.1) is 36.3 Å². The number of aliphatic hydroxyl groups excluding tert-OH is 2. The molecule has 192 valence electrons. The van der Waals surface area contributed by atoms with Crippen molar-refractivity contribution in [2.75, 3.05) is 17.6 Å². The van der Waals surface area contributed by atoms with Gasteiger partial charge in [-0.05, 0) is 36.5 Å². The van der Waals surface area contributed by atoms with Gasteiger partial charge in [0, 0.05) is 19.0 Å². The van der Waals surface area contributed by atoms with Gasteiger partial charge in [0.2, 0.25) is 16.0 Å².